The molecule has 4 rings (SSSR count). The molecule has 2 nitrogen and oxygen atoms in total. The van der Waals surface area contributed by atoms with Gasteiger partial charge in [0, 0.05) is 34.8 Å². The summed E-state index contributed by atoms with van der Waals surface area (Å²) in [4.78, 5) is 4.29. The lowest BCUT2D eigenvalue weighted by Crippen LogP contribution is -2.26. The van der Waals surface area contributed by atoms with Crippen LogP contribution in [0.25, 0.3) is 29.3 Å². The number of hydrogen-bond acceptors (Lipinski definition) is 1. The molecule has 0 saturated carbocycles. The van der Waals surface area contributed by atoms with E-state index in [0.29, 0.717) is 0 Å². The number of nitrogens with zero attached hydrogens (tertiary/aromatic N) is 2. The Morgan fingerprint density at radius 3 is 2.79 bits per heavy atom. The first kappa shape index (κ1) is 10.3. The van der Waals surface area contributed by atoms with Gasteiger partial charge in [0.1, 0.15) is 0 Å². The van der Waals surface area contributed by atoms with Crippen LogP contribution in [-0.4, -0.2) is 10.8 Å². The second kappa shape index (κ2) is 3.95. The Morgan fingerprint density at radius 2 is 1.84 bits per heavy atom. The molecule has 0 spiro atoms. The number of aromatic nitrogens is 1. The number of fused-ring (bicyclic) bond motifs is 3. The third-order valence-corrected chi connectivity index (χ3v) is 3.50. The SMILES string of the molecule is C1=Cn2c3/c(c4cccc(c42)C=N1)=C\C=C/C=C\C=3. The van der Waals surface area contributed by atoms with Gasteiger partial charge in [-0.05, 0) is 6.08 Å². The molecule has 2 heterocycles. The summed E-state index contributed by atoms with van der Waals surface area (Å²) in [5, 5.41) is 3.73. The Kier molecular flexibility index (Phi) is 2.15. The van der Waals surface area contributed by atoms with Crippen LogP contribution in [0.4, 0.5) is 0 Å². The van der Waals surface area contributed by atoms with Gasteiger partial charge < -0.3 is 4.57 Å². The van der Waals surface area contributed by atoms with Crippen molar-refractivity contribution in [1.29, 1.82) is 0 Å². The normalized spacial score (nSPS) is 22.3. The third-order valence-electron chi connectivity index (χ3n) is 3.50. The number of aliphatic imine (C=N–C) groups is 1. The average Bonchev–Trinajstić information content (AvgIpc) is 2.57. The van der Waals surface area contributed by atoms with Crippen LogP contribution >= 0.6 is 0 Å². The summed E-state index contributed by atoms with van der Waals surface area (Å²) in [5.41, 5.74) is 2.38. The molecule has 1 aliphatic carbocycles. The largest absolute Gasteiger partial charge is 0.314 e. The van der Waals surface area contributed by atoms with E-state index < -0.39 is 0 Å². The molecule has 0 N–H and O–H groups in total. The average molecular weight is 244 g/mol. The predicted octanol–water partition coefficient (Wildman–Crippen LogP) is 2.19. The van der Waals surface area contributed by atoms with E-state index in [1.807, 2.05) is 24.7 Å². The highest BCUT2D eigenvalue weighted by Gasteiger charge is 2.10. The first-order valence-corrected chi connectivity index (χ1v) is 6.33. The van der Waals surface area contributed by atoms with Gasteiger partial charge in [-0.3, -0.25) is 4.99 Å². The standard InChI is InChI=1S/C17H12N2/c1-2-4-9-16-14(7-3-1)15-8-5-6-13-12-18-10-11-19(16)17(13)15/h1-12H/b2-1?,3-1-,4-2-,7-3?,9-4?,14-7-,16-9+. The maximum atomic E-state index is 4.29. The summed E-state index contributed by atoms with van der Waals surface area (Å²) in [7, 11) is 0. The van der Waals surface area contributed by atoms with Gasteiger partial charge in [0.05, 0.1) is 10.9 Å². The first-order chi connectivity index (χ1) is 9.45. The molecule has 0 bridgehead atoms. The predicted molar refractivity (Wildman–Crippen MR) is 81.3 cm³/mol. The highest BCUT2D eigenvalue weighted by molar-refractivity contribution is 6.00. The molecule has 0 radical (unpaired) electrons. The number of hydrogen-bond donors (Lipinski definition) is 0. The van der Waals surface area contributed by atoms with Gasteiger partial charge in [0.25, 0.3) is 0 Å². The molecule has 1 aromatic heterocycles. The molecule has 2 aliphatic rings. The molecule has 0 fully saturated rings. The molecule has 1 aliphatic heterocycles. The monoisotopic (exact) mass is 244 g/mol. The maximum absolute atomic E-state index is 4.29. The zero-order valence-corrected chi connectivity index (χ0v) is 10.3. The Morgan fingerprint density at radius 1 is 0.947 bits per heavy atom. The molecule has 0 unspecified atom stereocenters. The first-order valence-electron chi connectivity index (χ1n) is 6.33. The van der Waals surface area contributed by atoms with Crippen molar-refractivity contribution in [2.45, 2.75) is 0 Å². The van der Waals surface area contributed by atoms with Gasteiger partial charge in [0.2, 0.25) is 0 Å². The highest BCUT2D eigenvalue weighted by Crippen LogP contribution is 2.16. The van der Waals surface area contributed by atoms with E-state index in [-0.39, 0.29) is 0 Å². The van der Waals surface area contributed by atoms with Gasteiger partial charge >= 0.3 is 0 Å². The number of benzene rings is 1. The van der Waals surface area contributed by atoms with Crippen LogP contribution < -0.4 is 10.6 Å². The van der Waals surface area contributed by atoms with Crippen molar-refractivity contribution < 1.29 is 0 Å². The van der Waals surface area contributed by atoms with Gasteiger partial charge in [-0.25, -0.2) is 0 Å². The van der Waals surface area contributed by atoms with Crippen LogP contribution in [0.1, 0.15) is 5.56 Å². The van der Waals surface area contributed by atoms with Crippen molar-refractivity contribution in [1.82, 2.24) is 4.57 Å². The van der Waals surface area contributed by atoms with E-state index in [9.17, 15) is 0 Å². The molecular weight excluding hydrogens is 232 g/mol. The summed E-state index contributed by atoms with van der Waals surface area (Å²) in [6, 6.07) is 6.37. The van der Waals surface area contributed by atoms with E-state index in [1.165, 1.54) is 21.5 Å². The van der Waals surface area contributed by atoms with Crippen molar-refractivity contribution in [3.63, 3.8) is 0 Å². The third kappa shape index (κ3) is 1.47. The molecule has 1 aromatic carbocycles. The summed E-state index contributed by atoms with van der Waals surface area (Å²) in [6.07, 6.45) is 18.4. The number of para-hydroxylation sites is 1. The van der Waals surface area contributed by atoms with E-state index in [4.69, 9.17) is 0 Å². The molecule has 0 atom stereocenters. The van der Waals surface area contributed by atoms with Gasteiger partial charge in [-0.1, -0.05) is 48.6 Å². The fourth-order valence-electron chi connectivity index (χ4n) is 2.70. The molecular formula is C17H12N2. The van der Waals surface area contributed by atoms with Crippen LogP contribution in [0.5, 0.6) is 0 Å². The van der Waals surface area contributed by atoms with Crippen molar-refractivity contribution in [2.75, 3.05) is 0 Å². The topological polar surface area (TPSA) is 17.3 Å². The molecule has 2 heteroatoms. The maximum Gasteiger partial charge on any atom is 0.0623 e. The lowest BCUT2D eigenvalue weighted by atomic mass is 10.1. The second-order valence-corrected chi connectivity index (χ2v) is 4.59. The fraction of sp³-hybridized carbons (Fsp3) is 0. The Labute approximate surface area is 110 Å². The van der Waals surface area contributed by atoms with Gasteiger partial charge in [-0.15, -0.1) is 0 Å². The lowest BCUT2D eigenvalue weighted by Gasteiger charge is -1.99. The molecule has 2 aromatic rings. The van der Waals surface area contributed by atoms with Crippen LogP contribution in [0.15, 0.2) is 53.7 Å². The van der Waals surface area contributed by atoms with Gasteiger partial charge in [-0.2, -0.15) is 0 Å². The molecule has 19 heavy (non-hydrogen) atoms. The van der Waals surface area contributed by atoms with Crippen molar-refractivity contribution >= 4 is 35.5 Å². The van der Waals surface area contributed by atoms with Gasteiger partial charge in [0.15, 0.2) is 0 Å². The minimum absolute atomic E-state index is 1.16. The summed E-state index contributed by atoms with van der Waals surface area (Å²) < 4.78 is 2.22. The minimum atomic E-state index is 1.16. The lowest BCUT2D eigenvalue weighted by molar-refractivity contribution is 1.15. The summed E-state index contributed by atoms with van der Waals surface area (Å²) in [5.74, 6) is 0. The second-order valence-electron chi connectivity index (χ2n) is 4.59. The summed E-state index contributed by atoms with van der Waals surface area (Å²) in [6.45, 7) is 0. The van der Waals surface area contributed by atoms with Crippen molar-refractivity contribution in [3.8, 4) is 0 Å². The zero-order chi connectivity index (χ0) is 12.7. The zero-order valence-electron chi connectivity index (χ0n) is 10.3. The van der Waals surface area contributed by atoms with Crippen molar-refractivity contribution in [2.24, 2.45) is 4.99 Å². The summed E-state index contributed by atoms with van der Waals surface area (Å²) >= 11 is 0. The van der Waals surface area contributed by atoms with Crippen LogP contribution in [0.3, 0.4) is 0 Å². The number of rotatable bonds is 0. The smallest absolute Gasteiger partial charge is 0.0623 e. The van der Waals surface area contributed by atoms with Crippen molar-refractivity contribution in [3.05, 3.63) is 64.8 Å². The van der Waals surface area contributed by atoms with Crippen LogP contribution in [-0.2, 0) is 0 Å². The quantitative estimate of drug-likeness (QED) is 0.676. The highest BCUT2D eigenvalue weighted by atomic mass is 15.0. The van der Waals surface area contributed by atoms with Crippen LogP contribution in [0, 0.1) is 0 Å². The minimum Gasteiger partial charge on any atom is -0.314 e. The Balaban J connectivity index is 2.35. The van der Waals surface area contributed by atoms with E-state index >= 15 is 0 Å². The molecule has 0 saturated heterocycles. The fourth-order valence-corrected chi connectivity index (χ4v) is 2.70. The van der Waals surface area contributed by atoms with E-state index in [0.717, 1.165) is 5.56 Å². The molecule has 0 amide bonds. The molecule has 90 valence electrons. The van der Waals surface area contributed by atoms with E-state index in [2.05, 4.69) is 58.1 Å². The number of allylic oxidation sites excluding steroid dienone is 4. The Hall–Kier alpha value is -2.61. The van der Waals surface area contributed by atoms with E-state index in [1.54, 1.807) is 0 Å². The Bertz CT molecular complexity index is 903. The van der Waals surface area contributed by atoms with Crippen LogP contribution in [0.2, 0.25) is 0 Å².